The van der Waals surface area contributed by atoms with Crippen molar-refractivity contribution in [1.82, 2.24) is 14.9 Å². The molecule has 7 heteroatoms. The van der Waals surface area contributed by atoms with Gasteiger partial charge in [-0.3, -0.25) is 4.90 Å². The molecular formula is C18H22ClN3O3. The zero-order valence-corrected chi connectivity index (χ0v) is 15.2. The molecule has 1 aliphatic rings. The molecule has 25 heavy (non-hydrogen) atoms. The maximum atomic E-state index is 5.83. The third-order valence-corrected chi connectivity index (χ3v) is 4.42. The van der Waals surface area contributed by atoms with Gasteiger partial charge in [0.2, 0.25) is 0 Å². The van der Waals surface area contributed by atoms with Crippen LogP contribution >= 0.6 is 11.6 Å². The van der Waals surface area contributed by atoms with Gasteiger partial charge < -0.3 is 14.2 Å². The van der Waals surface area contributed by atoms with Crippen LogP contribution in [0.15, 0.2) is 30.6 Å². The molecule has 1 fully saturated rings. The fourth-order valence-electron chi connectivity index (χ4n) is 2.91. The molecule has 0 saturated carbocycles. The summed E-state index contributed by atoms with van der Waals surface area (Å²) in [5.74, 6) is 1.62. The van der Waals surface area contributed by atoms with Crippen LogP contribution < -0.4 is 14.2 Å². The minimum absolute atomic E-state index is 0.136. The van der Waals surface area contributed by atoms with Gasteiger partial charge in [0.05, 0.1) is 31.6 Å². The molecule has 2 heterocycles. The summed E-state index contributed by atoms with van der Waals surface area (Å²) < 4.78 is 16.5. The van der Waals surface area contributed by atoms with Crippen LogP contribution in [0.1, 0.15) is 18.4 Å². The number of hydrogen-bond donors (Lipinski definition) is 0. The molecule has 0 unspecified atom stereocenters. The van der Waals surface area contributed by atoms with Crippen molar-refractivity contribution in [2.24, 2.45) is 0 Å². The van der Waals surface area contributed by atoms with E-state index in [2.05, 4.69) is 14.9 Å². The molecule has 1 aromatic heterocycles. The maximum Gasteiger partial charge on any atom is 0.316 e. The Bertz CT molecular complexity index is 666. The number of piperidine rings is 1. The van der Waals surface area contributed by atoms with Crippen LogP contribution in [0.25, 0.3) is 0 Å². The molecule has 0 bridgehead atoms. The van der Waals surface area contributed by atoms with Crippen LogP contribution in [0, 0.1) is 0 Å². The third-order valence-electron chi connectivity index (χ3n) is 4.22. The molecule has 1 aromatic carbocycles. The second-order valence-electron chi connectivity index (χ2n) is 6.00. The third kappa shape index (κ3) is 4.96. The monoisotopic (exact) mass is 363 g/mol. The standard InChI is InChI=1S/C18H22ClN3O3/c1-23-16-7-13(8-17(9-16)24-2)12-22-5-3-15(4-6-22)25-18-20-10-14(19)11-21-18/h7-11,15H,3-6,12H2,1-2H3. The van der Waals surface area contributed by atoms with Gasteiger partial charge >= 0.3 is 6.01 Å². The minimum atomic E-state index is 0.136. The van der Waals surface area contributed by atoms with Crippen LogP contribution in [-0.4, -0.2) is 48.3 Å². The van der Waals surface area contributed by atoms with Crippen LogP contribution in [0.5, 0.6) is 17.5 Å². The molecule has 0 spiro atoms. The van der Waals surface area contributed by atoms with Crippen LogP contribution in [0.4, 0.5) is 0 Å². The van der Waals surface area contributed by atoms with E-state index in [1.165, 1.54) is 5.56 Å². The summed E-state index contributed by atoms with van der Waals surface area (Å²) in [6.45, 7) is 2.77. The summed E-state index contributed by atoms with van der Waals surface area (Å²) in [6.07, 6.45) is 5.11. The SMILES string of the molecule is COc1cc(CN2CCC(Oc3ncc(Cl)cn3)CC2)cc(OC)c1. The van der Waals surface area contributed by atoms with Crippen LogP contribution in [0.2, 0.25) is 5.02 Å². The number of benzene rings is 1. The van der Waals surface area contributed by atoms with Gasteiger partial charge in [0.1, 0.15) is 17.6 Å². The van der Waals surface area contributed by atoms with Gasteiger partial charge in [-0.25, -0.2) is 9.97 Å². The Labute approximate surface area is 152 Å². The second-order valence-corrected chi connectivity index (χ2v) is 6.43. The number of ether oxygens (including phenoxy) is 3. The molecule has 0 N–H and O–H groups in total. The lowest BCUT2D eigenvalue weighted by Crippen LogP contribution is -2.38. The number of rotatable bonds is 6. The Morgan fingerprint density at radius 3 is 2.20 bits per heavy atom. The van der Waals surface area contributed by atoms with E-state index >= 15 is 0 Å². The normalized spacial score (nSPS) is 15.8. The highest BCUT2D eigenvalue weighted by molar-refractivity contribution is 6.30. The Balaban J connectivity index is 1.53. The Morgan fingerprint density at radius 1 is 1.04 bits per heavy atom. The van der Waals surface area contributed by atoms with E-state index in [0.29, 0.717) is 11.0 Å². The summed E-state index contributed by atoms with van der Waals surface area (Å²) in [5, 5.41) is 0.510. The van der Waals surface area contributed by atoms with E-state index in [1.54, 1.807) is 26.6 Å². The summed E-state index contributed by atoms with van der Waals surface area (Å²) in [6, 6.07) is 6.37. The topological polar surface area (TPSA) is 56.7 Å². The number of hydrogen-bond acceptors (Lipinski definition) is 6. The zero-order valence-electron chi connectivity index (χ0n) is 14.4. The van der Waals surface area contributed by atoms with Crippen molar-refractivity contribution < 1.29 is 14.2 Å². The quantitative estimate of drug-likeness (QED) is 0.785. The first-order valence-corrected chi connectivity index (χ1v) is 8.62. The summed E-state index contributed by atoms with van der Waals surface area (Å²) in [4.78, 5) is 10.6. The summed E-state index contributed by atoms with van der Waals surface area (Å²) in [7, 11) is 3.33. The number of likely N-dealkylation sites (tertiary alicyclic amines) is 1. The Morgan fingerprint density at radius 2 is 1.64 bits per heavy atom. The number of methoxy groups -OCH3 is 2. The lowest BCUT2D eigenvalue weighted by molar-refractivity contribution is 0.0892. The van der Waals surface area contributed by atoms with Gasteiger partial charge in [0.15, 0.2) is 0 Å². The van der Waals surface area contributed by atoms with Crippen LogP contribution in [0.3, 0.4) is 0 Å². The summed E-state index contributed by atoms with van der Waals surface area (Å²) >= 11 is 5.79. The largest absolute Gasteiger partial charge is 0.497 e. The molecule has 2 aromatic rings. The fraction of sp³-hybridized carbons (Fsp3) is 0.444. The highest BCUT2D eigenvalue weighted by Gasteiger charge is 2.21. The lowest BCUT2D eigenvalue weighted by Gasteiger charge is -2.31. The van der Waals surface area contributed by atoms with Gasteiger partial charge in [-0.05, 0) is 30.5 Å². The first-order chi connectivity index (χ1) is 12.2. The summed E-state index contributed by atoms with van der Waals surface area (Å²) in [5.41, 5.74) is 1.18. The smallest absolute Gasteiger partial charge is 0.316 e. The molecule has 0 amide bonds. The molecular weight excluding hydrogens is 342 g/mol. The van der Waals surface area contributed by atoms with Crippen molar-refractivity contribution >= 4 is 11.6 Å². The average molecular weight is 364 g/mol. The van der Waals surface area contributed by atoms with Crippen molar-refractivity contribution in [3.63, 3.8) is 0 Å². The van der Waals surface area contributed by atoms with Crippen LogP contribution in [-0.2, 0) is 6.54 Å². The Kier molecular flexibility index (Phi) is 5.94. The van der Waals surface area contributed by atoms with Gasteiger partial charge in [-0.2, -0.15) is 0 Å². The Hall–Kier alpha value is -2.05. The number of aromatic nitrogens is 2. The van der Waals surface area contributed by atoms with Crippen molar-refractivity contribution in [3.05, 3.63) is 41.2 Å². The zero-order chi connectivity index (χ0) is 17.6. The highest BCUT2D eigenvalue weighted by Crippen LogP contribution is 2.25. The minimum Gasteiger partial charge on any atom is -0.497 e. The molecule has 1 aliphatic heterocycles. The molecule has 6 nitrogen and oxygen atoms in total. The number of nitrogens with zero attached hydrogens (tertiary/aromatic N) is 3. The van der Waals surface area contributed by atoms with Gasteiger partial charge in [0, 0.05) is 25.7 Å². The van der Waals surface area contributed by atoms with Gasteiger partial charge in [-0.1, -0.05) is 11.6 Å². The first-order valence-electron chi connectivity index (χ1n) is 8.25. The molecule has 0 aliphatic carbocycles. The predicted octanol–water partition coefficient (Wildman–Crippen LogP) is 3.19. The first kappa shape index (κ1) is 17.8. The fourth-order valence-corrected chi connectivity index (χ4v) is 3.01. The second kappa shape index (κ2) is 8.36. The van der Waals surface area contributed by atoms with E-state index < -0.39 is 0 Å². The van der Waals surface area contributed by atoms with E-state index in [9.17, 15) is 0 Å². The molecule has 134 valence electrons. The van der Waals surface area contributed by atoms with E-state index in [0.717, 1.165) is 44.0 Å². The van der Waals surface area contributed by atoms with E-state index in [4.69, 9.17) is 25.8 Å². The van der Waals surface area contributed by atoms with Crippen molar-refractivity contribution in [2.75, 3.05) is 27.3 Å². The van der Waals surface area contributed by atoms with Crippen molar-refractivity contribution in [3.8, 4) is 17.5 Å². The van der Waals surface area contributed by atoms with Crippen molar-refractivity contribution in [2.45, 2.75) is 25.5 Å². The molecule has 0 atom stereocenters. The molecule has 0 radical (unpaired) electrons. The lowest BCUT2D eigenvalue weighted by atomic mass is 10.1. The molecule has 1 saturated heterocycles. The van der Waals surface area contributed by atoms with E-state index in [1.807, 2.05) is 18.2 Å². The van der Waals surface area contributed by atoms with Gasteiger partial charge in [-0.15, -0.1) is 0 Å². The average Bonchev–Trinajstić information content (AvgIpc) is 2.65. The predicted molar refractivity (Wildman–Crippen MR) is 95.5 cm³/mol. The van der Waals surface area contributed by atoms with Crippen molar-refractivity contribution in [1.29, 1.82) is 0 Å². The van der Waals surface area contributed by atoms with Gasteiger partial charge in [0.25, 0.3) is 0 Å². The highest BCUT2D eigenvalue weighted by atomic mass is 35.5. The maximum absolute atomic E-state index is 5.83. The molecule has 3 rings (SSSR count). The van der Waals surface area contributed by atoms with E-state index in [-0.39, 0.29) is 6.10 Å². The number of halogens is 1.